The van der Waals surface area contributed by atoms with Gasteiger partial charge in [0.1, 0.15) is 16.8 Å². The number of carboxylic acid groups (broad SMARTS) is 1. The third kappa shape index (κ3) is 3.27. The fraction of sp³-hybridized carbons (Fsp3) is 0.115. The van der Waals surface area contributed by atoms with Crippen molar-refractivity contribution in [3.8, 4) is 22.8 Å². The lowest BCUT2D eigenvalue weighted by Crippen LogP contribution is -2.10. The predicted molar refractivity (Wildman–Crippen MR) is 137 cm³/mol. The summed E-state index contributed by atoms with van der Waals surface area (Å²) < 4.78 is 24.0. The van der Waals surface area contributed by atoms with Gasteiger partial charge in [0, 0.05) is 16.5 Å². The van der Waals surface area contributed by atoms with Gasteiger partial charge in [-0.2, -0.15) is 8.75 Å². The summed E-state index contributed by atoms with van der Waals surface area (Å²) in [4.78, 5) is 11.9. The Morgan fingerprint density at radius 1 is 1.09 bits per heavy atom. The summed E-state index contributed by atoms with van der Waals surface area (Å²) in [7, 11) is 0. The van der Waals surface area contributed by atoms with Gasteiger partial charge in [-0.1, -0.05) is 30.3 Å². The van der Waals surface area contributed by atoms with Crippen LogP contribution in [-0.4, -0.2) is 31.2 Å². The van der Waals surface area contributed by atoms with Crippen LogP contribution < -0.4 is 9.47 Å². The molecule has 0 saturated carbocycles. The molecule has 0 radical (unpaired) electrons. The third-order valence-corrected chi connectivity index (χ3v) is 8.08. The second kappa shape index (κ2) is 7.79. The van der Waals surface area contributed by atoms with Crippen LogP contribution >= 0.6 is 23.1 Å². The lowest BCUT2D eigenvalue weighted by atomic mass is 10.0. The van der Waals surface area contributed by atoms with E-state index in [-0.39, 0.29) is 0 Å². The van der Waals surface area contributed by atoms with E-state index in [0.29, 0.717) is 19.0 Å². The van der Waals surface area contributed by atoms with Crippen LogP contribution in [0.4, 0.5) is 4.79 Å². The number of rotatable bonds is 4. The molecule has 3 aromatic carbocycles. The van der Waals surface area contributed by atoms with Crippen LogP contribution in [0.3, 0.4) is 0 Å². The van der Waals surface area contributed by atoms with Gasteiger partial charge in [-0.15, -0.1) is 11.3 Å². The molecule has 172 valence electrons. The summed E-state index contributed by atoms with van der Waals surface area (Å²) in [5, 5.41) is 10.8. The minimum atomic E-state index is -1.34. The van der Waals surface area contributed by atoms with Gasteiger partial charge in [0.25, 0.3) is 0 Å². The molecule has 0 aliphatic carbocycles. The Morgan fingerprint density at radius 2 is 1.97 bits per heavy atom. The monoisotopic (exact) mass is 499 g/mol. The number of hydrogen-bond donors (Lipinski definition) is 1. The maximum Gasteiger partial charge on any atom is 0.512 e. The van der Waals surface area contributed by atoms with Gasteiger partial charge >= 0.3 is 6.16 Å². The topological polar surface area (TPSA) is 86.5 Å². The van der Waals surface area contributed by atoms with Gasteiger partial charge in [0.15, 0.2) is 0 Å². The molecular formula is C26H17N3O4S2. The smallest absolute Gasteiger partial charge is 0.493 e. The molecular weight excluding hydrogens is 482 g/mol. The maximum atomic E-state index is 11.9. The van der Waals surface area contributed by atoms with E-state index in [4.69, 9.17) is 9.47 Å². The van der Waals surface area contributed by atoms with E-state index in [2.05, 4.69) is 26.9 Å². The molecule has 6 aromatic rings. The number of hydrogen-bond acceptors (Lipinski definition) is 7. The fourth-order valence-electron chi connectivity index (χ4n) is 4.85. The second-order valence-electron chi connectivity index (χ2n) is 8.42. The van der Waals surface area contributed by atoms with E-state index >= 15 is 0 Å². The molecule has 0 spiro atoms. The largest absolute Gasteiger partial charge is 0.512 e. The molecule has 0 bridgehead atoms. The van der Waals surface area contributed by atoms with E-state index in [1.54, 1.807) is 11.3 Å². The molecule has 0 saturated heterocycles. The molecule has 35 heavy (non-hydrogen) atoms. The summed E-state index contributed by atoms with van der Waals surface area (Å²) in [5.74, 6) is 1.20. The van der Waals surface area contributed by atoms with E-state index in [9.17, 15) is 9.90 Å². The lowest BCUT2D eigenvalue weighted by Gasteiger charge is -2.12. The summed E-state index contributed by atoms with van der Waals surface area (Å²) >= 11 is 2.83. The van der Waals surface area contributed by atoms with Crippen LogP contribution in [0.5, 0.6) is 11.6 Å². The normalized spacial score (nSPS) is 12.9. The highest BCUT2D eigenvalue weighted by Crippen LogP contribution is 2.48. The second-order valence-corrected chi connectivity index (χ2v) is 10.00. The van der Waals surface area contributed by atoms with Crippen molar-refractivity contribution >= 4 is 60.6 Å². The number of ether oxygens (including phenoxy) is 2. The van der Waals surface area contributed by atoms with Crippen LogP contribution in [0.2, 0.25) is 0 Å². The summed E-state index contributed by atoms with van der Waals surface area (Å²) in [6.07, 6.45) is -0.512. The van der Waals surface area contributed by atoms with Gasteiger partial charge in [-0.05, 0) is 47.0 Å². The molecule has 0 atom stereocenters. The summed E-state index contributed by atoms with van der Waals surface area (Å²) in [6, 6.07) is 20.2. The Balaban J connectivity index is 1.52. The number of aromatic nitrogens is 3. The highest BCUT2D eigenvalue weighted by atomic mass is 32.1. The number of thiophene rings is 1. The first-order valence-corrected chi connectivity index (χ1v) is 12.6. The Hall–Kier alpha value is -3.95. The Labute approximate surface area is 207 Å². The molecule has 9 heteroatoms. The first kappa shape index (κ1) is 20.4. The Bertz CT molecular complexity index is 1780. The standard InChI is InChI=1S/C26H17N3O4S2/c30-26(31)33-25-22(16-6-8-20-15(12-16)9-10-32-20)24-23(17-3-1-2-4-21(17)34-24)29(25)13-14-5-7-18-19(11-14)28-35-27-18/h1-8,11-12H,9-10,13H2,(H,30,31). The highest BCUT2D eigenvalue weighted by molar-refractivity contribution is 7.26. The van der Waals surface area contributed by atoms with Gasteiger partial charge in [-0.25, -0.2) is 4.79 Å². The zero-order chi connectivity index (χ0) is 23.5. The van der Waals surface area contributed by atoms with Gasteiger partial charge in [-0.3, -0.25) is 0 Å². The molecule has 1 N–H and O–H groups in total. The molecule has 7 nitrogen and oxygen atoms in total. The third-order valence-electron chi connectivity index (χ3n) is 6.35. The van der Waals surface area contributed by atoms with Crippen molar-refractivity contribution in [2.24, 2.45) is 0 Å². The van der Waals surface area contributed by atoms with E-state index in [1.807, 2.05) is 47.0 Å². The van der Waals surface area contributed by atoms with Crippen molar-refractivity contribution in [2.45, 2.75) is 13.0 Å². The zero-order valence-electron chi connectivity index (χ0n) is 18.2. The minimum Gasteiger partial charge on any atom is -0.493 e. The van der Waals surface area contributed by atoms with Crippen molar-refractivity contribution in [3.05, 3.63) is 71.8 Å². The minimum absolute atomic E-state index is 0.319. The average molecular weight is 500 g/mol. The van der Waals surface area contributed by atoms with Gasteiger partial charge in [0.2, 0.25) is 5.88 Å². The van der Waals surface area contributed by atoms with E-state index in [1.165, 1.54) is 11.7 Å². The van der Waals surface area contributed by atoms with Crippen molar-refractivity contribution < 1.29 is 19.4 Å². The van der Waals surface area contributed by atoms with E-state index in [0.717, 1.165) is 65.8 Å². The Kier molecular flexibility index (Phi) is 4.55. The zero-order valence-corrected chi connectivity index (χ0v) is 19.9. The molecule has 1 aliphatic heterocycles. The molecule has 3 aromatic heterocycles. The SMILES string of the molecule is O=C(O)Oc1c(-c2ccc3c(c2)CCO3)c2sc3ccccc3c2n1Cc1ccc2nsnc2c1. The number of nitrogens with zero attached hydrogens (tertiary/aromatic N) is 3. The summed E-state index contributed by atoms with van der Waals surface area (Å²) in [5.41, 5.74) is 6.44. The molecule has 7 rings (SSSR count). The predicted octanol–water partition coefficient (Wildman–Crippen LogP) is 6.57. The van der Waals surface area contributed by atoms with Crippen LogP contribution in [0, 0.1) is 0 Å². The highest BCUT2D eigenvalue weighted by Gasteiger charge is 2.27. The van der Waals surface area contributed by atoms with Crippen LogP contribution in [-0.2, 0) is 13.0 Å². The summed E-state index contributed by atoms with van der Waals surface area (Å²) in [6.45, 7) is 1.09. The number of benzene rings is 3. The van der Waals surface area contributed by atoms with Gasteiger partial charge < -0.3 is 19.1 Å². The van der Waals surface area contributed by atoms with Crippen molar-refractivity contribution in [2.75, 3.05) is 6.61 Å². The lowest BCUT2D eigenvalue weighted by molar-refractivity contribution is 0.141. The Morgan fingerprint density at radius 3 is 2.89 bits per heavy atom. The van der Waals surface area contributed by atoms with Crippen LogP contribution in [0.15, 0.2) is 60.7 Å². The molecule has 0 amide bonds. The van der Waals surface area contributed by atoms with E-state index < -0.39 is 6.16 Å². The average Bonchev–Trinajstić information content (AvgIpc) is 3.62. The van der Waals surface area contributed by atoms with Crippen molar-refractivity contribution in [1.82, 2.24) is 13.3 Å². The van der Waals surface area contributed by atoms with Gasteiger partial charge in [0.05, 0.1) is 40.7 Å². The van der Waals surface area contributed by atoms with Crippen LogP contribution in [0.1, 0.15) is 11.1 Å². The molecule has 0 fully saturated rings. The number of carbonyl (C=O) groups is 1. The van der Waals surface area contributed by atoms with Crippen LogP contribution in [0.25, 0.3) is 42.5 Å². The molecule has 1 aliphatic rings. The molecule has 4 heterocycles. The van der Waals surface area contributed by atoms with Crippen molar-refractivity contribution in [1.29, 1.82) is 0 Å². The van der Waals surface area contributed by atoms with Crippen molar-refractivity contribution in [3.63, 3.8) is 0 Å². The maximum absolute atomic E-state index is 11.9. The quantitative estimate of drug-likeness (QED) is 0.276. The fourth-order valence-corrected chi connectivity index (χ4v) is 6.63. The first-order chi connectivity index (χ1) is 17.2. The first-order valence-electron chi connectivity index (χ1n) is 11.1. The number of fused-ring (bicyclic) bond motifs is 5. The molecule has 0 unspecified atom stereocenters.